The minimum Gasteiger partial charge on any atom is -0.493 e. The third kappa shape index (κ3) is 6.37. The molecule has 0 aliphatic heterocycles. The summed E-state index contributed by atoms with van der Waals surface area (Å²) in [7, 11) is 0. The summed E-state index contributed by atoms with van der Waals surface area (Å²) in [4.78, 5) is 0. The van der Waals surface area contributed by atoms with Gasteiger partial charge in [0.1, 0.15) is 5.75 Å². The molecule has 0 bridgehead atoms. The van der Waals surface area contributed by atoms with Crippen molar-refractivity contribution < 1.29 is 4.74 Å². The van der Waals surface area contributed by atoms with Gasteiger partial charge in [0, 0.05) is 18.2 Å². The van der Waals surface area contributed by atoms with Crippen LogP contribution in [0.15, 0.2) is 54.6 Å². The van der Waals surface area contributed by atoms with Crippen LogP contribution in [0.1, 0.15) is 63.1 Å². The van der Waals surface area contributed by atoms with Crippen molar-refractivity contribution in [1.29, 1.82) is 0 Å². The quantitative estimate of drug-likeness (QED) is 0.520. The molecule has 1 unspecified atom stereocenters. The zero-order valence-corrected chi connectivity index (χ0v) is 15.1. The van der Waals surface area contributed by atoms with Crippen LogP contribution in [0, 0.1) is 0 Å². The minimum absolute atomic E-state index is 0.327. The molecule has 2 heteroatoms. The fraction of sp³-hybridized carbons (Fsp3) is 0.455. The maximum absolute atomic E-state index is 6.02. The second-order valence-corrected chi connectivity index (χ2v) is 6.38. The van der Waals surface area contributed by atoms with E-state index in [0.717, 1.165) is 25.3 Å². The topological polar surface area (TPSA) is 21.3 Å². The van der Waals surface area contributed by atoms with E-state index in [1.807, 2.05) is 0 Å². The summed E-state index contributed by atoms with van der Waals surface area (Å²) in [5, 5.41) is 3.59. The molecule has 0 heterocycles. The maximum Gasteiger partial charge on any atom is 0.123 e. The number of hydrogen-bond acceptors (Lipinski definition) is 2. The Bertz CT molecular complexity index is 567. The van der Waals surface area contributed by atoms with E-state index in [9.17, 15) is 0 Å². The van der Waals surface area contributed by atoms with E-state index < -0.39 is 0 Å². The highest BCUT2D eigenvalue weighted by atomic mass is 16.5. The number of hydrogen-bond donors (Lipinski definition) is 1. The van der Waals surface area contributed by atoms with Crippen molar-refractivity contribution in [3.05, 3.63) is 65.7 Å². The van der Waals surface area contributed by atoms with Crippen molar-refractivity contribution in [2.45, 2.75) is 58.5 Å². The molecule has 2 rings (SSSR count). The first-order chi connectivity index (χ1) is 11.8. The van der Waals surface area contributed by atoms with Gasteiger partial charge in [0.05, 0.1) is 6.61 Å². The standard InChI is InChI=1S/C22H31NO/c1-3-4-5-6-12-17-24-22-16-11-10-15-21(22)18-23-19(2)20-13-8-7-9-14-20/h7-11,13-16,19,23H,3-6,12,17-18H2,1-2H3. The van der Waals surface area contributed by atoms with Crippen LogP contribution in [0.3, 0.4) is 0 Å². The van der Waals surface area contributed by atoms with Gasteiger partial charge in [-0.2, -0.15) is 0 Å². The van der Waals surface area contributed by atoms with Gasteiger partial charge in [0.25, 0.3) is 0 Å². The van der Waals surface area contributed by atoms with Crippen molar-refractivity contribution >= 4 is 0 Å². The van der Waals surface area contributed by atoms with E-state index >= 15 is 0 Å². The summed E-state index contributed by atoms with van der Waals surface area (Å²) < 4.78 is 6.02. The second kappa shape index (κ2) is 10.9. The summed E-state index contributed by atoms with van der Waals surface area (Å²) in [6.45, 7) is 6.08. The molecule has 0 aliphatic carbocycles. The van der Waals surface area contributed by atoms with Crippen LogP contribution in [-0.2, 0) is 6.54 Å². The molecule has 130 valence electrons. The third-order valence-corrected chi connectivity index (χ3v) is 4.38. The van der Waals surface area contributed by atoms with Crippen molar-refractivity contribution in [1.82, 2.24) is 5.32 Å². The van der Waals surface area contributed by atoms with Crippen LogP contribution in [0.2, 0.25) is 0 Å². The zero-order chi connectivity index (χ0) is 17.0. The van der Waals surface area contributed by atoms with Gasteiger partial charge in [-0.15, -0.1) is 0 Å². The lowest BCUT2D eigenvalue weighted by atomic mass is 10.1. The van der Waals surface area contributed by atoms with Gasteiger partial charge in [0.15, 0.2) is 0 Å². The average molecular weight is 325 g/mol. The first-order valence-corrected chi connectivity index (χ1v) is 9.30. The van der Waals surface area contributed by atoms with E-state index in [2.05, 4.69) is 73.8 Å². The molecule has 0 aliphatic rings. The summed E-state index contributed by atoms with van der Waals surface area (Å²) in [5.74, 6) is 1.01. The van der Waals surface area contributed by atoms with Crippen LogP contribution in [-0.4, -0.2) is 6.61 Å². The summed E-state index contributed by atoms with van der Waals surface area (Å²) >= 11 is 0. The Balaban J connectivity index is 1.80. The third-order valence-electron chi connectivity index (χ3n) is 4.38. The average Bonchev–Trinajstić information content (AvgIpc) is 2.64. The molecule has 2 aromatic carbocycles. The first-order valence-electron chi connectivity index (χ1n) is 9.30. The van der Waals surface area contributed by atoms with Crippen molar-refractivity contribution in [2.75, 3.05) is 6.61 Å². The number of unbranched alkanes of at least 4 members (excludes halogenated alkanes) is 4. The lowest BCUT2D eigenvalue weighted by molar-refractivity contribution is 0.300. The Labute approximate surface area is 147 Å². The lowest BCUT2D eigenvalue weighted by Crippen LogP contribution is -2.18. The highest BCUT2D eigenvalue weighted by Crippen LogP contribution is 2.20. The van der Waals surface area contributed by atoms with Gasteiger partial charge in [-0.1, -0.05) is 81.1 Å². The molecule has 0 aromatic heterocycles. The summed E-state index contributed by atoms with van der Waals surface area (Å²) in [6.07, 6.45) is 6.34. The van der Waals surface area contributed by atoms with Crippen molar-refractivity contribution in [2.24, 2.45) is 0 Å². The van der Waals surface area contributed by atoms with Crippen LogP contribution in [0.25, 0.3) is 0 Å². The van der Waals surface area contributed by atoms with Crippen molar-refractivity contribution in [3.63, 3.8) is 0 Å². The highest BCUT2D eigenvalue weighted by molar-refractivity contribution is 5.33. The monoisotopic (exact) mass is 325 g/mol. The van der Waals surface area contributed by atoms with E-state index in [-0.39, 0.29) is 0 Å². The van der Waals surface area contributed by atoms with Gasteiger partial charge < -0.3 is 10.1 Å². The Hall–Kier alpha value is -1.80. The van der Waals surface area contributed by atoms with E-state index in [4.69, 9.17) is 4.74 Å². The molecule has 1 N–H and O–H groups in total. The second-order valence-electron chi connectivity index (χ2n) is 6.38. The first kappa shape index (κ1) is 18.5. The Morgan fingerprint density at radius 2 is 1.58 bits per heavy atom. The highest BCUT2D eigenvalue weighted by Gasteiger charge is 2.07. The van der Waals surface area contributed by atoms with Gasteiger partial charge >= 0.3 is 0 Å². The smallest absolute Gasteiger partial charge is 0.123 e. The molecule has 0 spiro atoms. The Kier molecular flexibility index (Phi) is 8.40. The van der Waals surface area contributed by atoms with Crippen LogP contribution in [0.4, 0.5) is 0 Å². The van der Waals surface area contributed by atoms with E-state index in [0.29, 0.717) is 6.04 Å². The normalized spacial score (nSPS) is 12.1. The predicted octanol–water partition coefficient (Wildman–Crippen LogP) is 5.89. The van der Waals surface area contributed by atoms with Crippen molar-refractivity contribution in [3.8, 4) is 5.75 Å². The molecule has 0 amide bonds. The van der Waals surface area contributed by atoms with E-state index in [1.54, 1.807) is 0 Å². The molecular formula is C22H31NO. The fourth-order valence-corrected chi connectivity index (χ4v) is 2.80. The molecule has 2 nitrogen and oxygen atoms in total. The molecule has 0 saturated heterocycles. The number of para-hydroxylation sites is 1. The molecule has 0 fully saturated rings. The van der Waals surface area contributed by atoms with Gasteiger partial charge in [-0.05, 0) is 25.0 Å². The molecule has 2 aromatic rings. The molecule has 0 radical (unpaired) electrons. The van der Waals surface area contributed by atoms with Gasteiger partial charge in [-0.25, -0.2) is 0 Å². The number of nitrogens with one attached hydrogen (secondary N) is 1. The maximum atomic E-state index is 6.02. The summed E-state index contributed by atoms with van der Waals surface area (Å²) in [6, 6.07) is 19.2. The fourth-order valence-electron chi connectivity index (χ4n) is 2.80. The van der Waals surface area contributed by atoms with E-state index in [1.165, 1.54) is 36.8 Å². The molecule has 0 saturated carbocycles. The number of benzene rings is 2. The van der Waals surface area contributed by atoms with Gasteiger partial charge in [-0.3, -0.25) is 0 Å². The SMILES string of the molecule is CCCCCCCOc1ccccc1CNC(C)c1ccccc1. The molecule has 1 atom stereocenters. The Morgan fingerprint density at radius 3 is 2.38 bits per heavy atom. The molecule has 24 heavy (non-hydrogen) atoms. The molecular weight excluding hydrogens is 294 g/mol. The van der Waals surface area contributed by atoms with Crippen LogP contribution in [0.5, 0.6) is 5.75 Å². The predicted molar refractivity (Wildman–Crippen MR) is 102 cm³/mol. The largest absolute Gasteiger partial charge is 0.493 e. The number of ether oxygens (including phenoxy) is 1. The van der Waals surface area contributed by atoms with Crippen LogP contribution < -0.4 is 10.1 Å². The van der Waals surface area contributed by atoms with Gasteiger partial charge in [0.2, 0.25) is 0 Å². The summed E-state index contributed by atoms with van der Waals surface area (Å²) in [5.41, 5.74) is 2.54. The Morgan fingerprint density at radius 1 is 0.875 bits per heavy atom. The minimum atomic E-state index is 0.327. The number of rotatable bonds is 11. The lowest BCUT2D eigenvalue weighted by Gasteiger charge is -2.16. The van der Waals surface area contributed by atoms with Crippen LogP contribution >= 0.6 is 0 Å². The zero-order valence-electron chi connectivity index (χ0n) is 15.1.